The topological polar surface area (TPSA) is 0 Å². The van der Waals surface area contributed by atoms with Crippen LogP contribution >= 0.6 is 0 Å². The van der Waals surface area contributed by atoms with Crippen molar-refractivity contribution < 1.29 is 0 Å². The molecular weight excluding hydrogens is 252 g/mol. The van der Waals surface area contributed by atoms with Gasteiger partial charge in [-0.2, -0.15) is 0 Å². The van der Waals surface area contributed by atoms with Crippen LogP contribution in [0.4, 0.5) is 0 Å². The first-order chi connectivity index (χ1) is 10.2. The SMILES string of the molecule is CCCC[C@H](CCC)C1CCC(C2CCC(C)CC2)CC1. The van der Waals surface area contributed by atoms with Crippen molar-refractivity contribution in [2.45, 2.75) is 104 Å². The first-order valence-corrected chi connectivity index (χ1v) is 10.2. The van der Waals surface area contributed by atoms with Crippen LogP contribution in [0.3, 0.4) is 0 Å². The summed E-state index contributed by atoms with van der Waals surface area (Å²) in [7, 11) is 0. The summed E-state index contributed by atoms with van der Waals surface area (Å²) in [5, 5.41) is 0. The van der Waals surface area contributed by atoms with Gasteiger partial charge >= 0.3 is 0 Å². The van der Waals surface area contributed by atoms with E-state index in [0.717, 1.165) is 29.6 Å². The van der Waals surface area contributed by atoms with Crippen LogP contribution in [0.5, 0.6) is 0 Å². The zero-order valence-corrected chi connectivity index (χ0v) is 15.1. The molecule has 0 radical (unpaired) electrons. The third kappa shape index (κ3) is 5.29. The summed E-state index contributed by atoms with van der Waals surface area (Å²) in [5.74, 6) is 5.35. The van der Waals surface area contributed by atoms with Crippen molar-refractivity contribution in [2.75, 3.05) is 0 Å². The van der Waals surface area contributed by atoms with E-state index in [-0.39, 0.29) is 0 Å². The molecule has 1 atom stereocenters. The minimum atomic E-state index is 1.01. The Labute approximate surface area is 134 Å². The summed E-state index contributed by atoms with van der Waals surface area (Å²) in [5.41, 5.74) is 0. The monoisotopic (exact) mass is 292 g/mol. The maximum Gasteiger partial charge on any atom is -0.0386 e. The number of hydrogen-bond acceptors (Lipinski definition) is 0. The van der Waals surface area contributed by atoms with Gasteiger partial charge in [0.25, 0.3) is 0 Å². The van der Waals surface area contributed by atoms with Gasteiger partial charge in [0.15, 0.2) is 0 Å². The molecule has 21 heavy (non-hydrogen) atoms. The molecule has 0 heterocycles. The van der Waals surface area contributed by atoms with Crippen LogP contribution in [-0.2, 0) is 0 Å². The van der Waals surface area contributed by atoms with Gasteiger partial charge < -0.3 is 0 Å². The third-order valence-electron chi connectivity index (χ3n) is 6.80. The van der Waals surface area contributed by atoms with Crippen molar-refractivity contribution in [1.29, 1.82) is 0 Å². The molecule has 0 amide bonds. The molecule has 2 fully saturated rings. The molecule has 0 aliphatic heterocycles. The molecule has 0 saturated heterocycles. The molecule has 0 bridgehead atoms. The van der Waals surface area contributed by atoms with Crippen molar-refractivity contribution >= 4 is 0 Å². The van der Waals surface area contributed by atoms with Gasteiger partial charge in [-0.3, -0.25) is 0 Å². The molecule has 2 aliphatic rings. The minimum absolute atomic E-state index is 1.01. The van der Waals surface area contributed by atoms with Gasteiger partial charge in [0.2, 0.25) is 0 Å². The zero-order chi connectivity index (χ0) is 15.1. The second-order valence-electron chi connectivity index (χ2n) is 8.39. The van der Waals surface area contributed by atoms with Gasteiger partial charge in [-0.1, -0.05) is 65.7 Å². The van der Waals surface area contributed by atoms with Gasteiger partial charge in [0.1, 0.15) is 0 Å². The minimum Gasteiger partial charge on any atom is -0.0654 e. The molecule has 2 aliphatic carbocycles. The summed E-state index contributed by atoms with van der Waals surface area (Å²) in [6.07, 6.45) is 19.6. The lowest BCUT2D eigenvalue weighted by atomic mass is 9.66. The molecule has 2 saturated carbocycles. The van der Waals surface area contributed by atoms with Crippen molar-refractivity contribution in [3.05, 3.63) is 0 Å². The Kier molecular flexibility index (Phi) is 7.61. The number of hydrogen-bond donors (Lipinski definition) is 0. The Morgan fingerprint density at radius 3 is 1.81 bits per heavy atom. The summed E-state index contributed by atoms with van der Waals surface area (Å²) in [6, 6.07) is 0. The molecule has 0 aromatic rings. The van der Waals surface area contributed by atoms with E-state index in [2.05, 4.69) is 20.8 Å². The van der Waals surface area contributed by atoms with E-state index in [1.807, 2.05) is 0 Å². The lowest BCUT2D eigenvalue weighted by Gasteiger charge is -2.39. The summed E-state index contributed by atoms with van der Waals surface area (Å²) >= 11 is 0. The van der Waals surface area contributed by atoms with Crippen LogP contribution in [-0.4, -0.2) is 0 Å². The Morgan fingerprint density at radius 1 is 0.714 bits per heavy atom. The largest absolute Gasteiger partial charge is 0.0654 e. The molecule has 124 valence electrons. The van der Waals surface area contributed by atoms with Crippen LogP contribution in [0, 0.1) is 29.6 Å². The Bertz CT molecular complexity index is 253. The van der Waals surface area contributed by atoms with Crippen molar-refractivity contribution in [1.82, 2.24) is 0 Å². The molecule has 0 heteroatoms. The zero-order valence-electron chi connectivity index (χ0n) is 15.1. The maximum atomic E-state index is 2.45. The first-order valence-electron chi connectivity index (χ1n) is 10.2. The first kappa shape index (κ1) is 17.4. The molecule has 0 spiro atoms. The molecule has 0 N–H and O–H groups in total. The fraction of sp³-hybridized carbons (Fsp3) is 1.00. The van der Waals surface area contributed by atoms with E-state index < -0.39 is 0 Å². The van der Waals surface area contributed by atoms with E-state index in [1.54, 1.807) is 38.5 Å². The number of unbranched alkanes of at least 4 members (excludes halogenated alkanes) is 1. The highest BCUT2D eigenvalue weighted by Crippen LogP contribution is 2.44. The smallest absolute Gasteiger partial charge is 0.0386 e. The lowest BCUT2D eigenvalue weighted by molar-refractivity contribution is 0.121. The third-order valence-corrected chi connectivity index (χ3v) is 6.80. The lowest BCUT2D eigenvalue weighted by Crippen LogP contribution is -2.28. The number of rotatable bonds is 7. The summed E-state index contributed by atoms with van der Waals surface area (Å²) in [6.45, 7) is 7.19. The molecular formula is C21H40. The Balaban J connectivity index is 1.75. The van der Waals surface area contributed by atoms with Gasteiger partial charge in [-0.05, 0) is 68.1 Å². The quantitative estimate of drug-likeness (QED) is 0.464. The second kappa shape index (κ2) is 9.21. The fourth-order valence-corrected chi connectivity index (χ4v) is 5.30. The van der Waals surface area contributed by atoms with Gasteiger partial charge in [-0.25, -0.2) is 0 Å². The van der Waals surface area contributed by atoms with Crippen LogP contribution in [0.2, 0.25) is 0 Å². The van der Waals surface area contributed by atoms with Crippen LogP contribution in [0.25, 0.3) is 0 Å². The predicted octanol–water partition coefficient (Wildman–Crippen LogP) is 7.23. The van der Waals surface area contributed by atoms with Crippen molar-refractivity contribution in [3.63, 3.8) is 0 Å². The van der Waals surface area contributed by atoms with Gasteiger partial charge in [0.05, 0.1) is 0 Å². The van der Waals surface area contributed by atoms with Gasteiger partial charge in [0, 0.05) is 0 Å². The van der Waals surface area contributed by atoms with Crippen LogP contribution in [0.15, 0.2) is 0 Å². The summed E-state index contributed by atoms with van der Waals surface area (Å²) < 4.78 is 0. The predicted molar refractivity (Wildman–Crippen MR) is 94.5 cm³/mol. The van der Waals surface area contributed by atoms with Crippen molar-refractivity contribution in [3.8, 4) is 0 Å². The van der Waals surface area contributed by atoms with E-state index in [4.69, 9.17) is 0 Å². The molecule has 0 aromatic heterocycles. The average Bonchev–Trinajstić information content (AvgIpc) is 2.52. The fourth-order valence-electron chi connectivity index (χ4n) is 5.30. The maximum absolute atomic E-state index is 2.45. The van der Waals surface area contributed by atoms with Gasteiger partial charge in [-0.15, -0.1) is 0 Å². The Hall–Kier alpha value is 0. The molecule has 0 aromatic carbocycles. The van der Waals surface area contributed by atoms with E-state index in [0.29, 0.717) is 0 Å². The second-order valence-corrected chi connectivity index (χ2v) is 8.39. The van der Waals surface area contributed by atoms with Crippen molar-refractivity contribution in [2.24, 2.45) is 29.6 Å². The molecule has 0 unspecified atom stereocenters. The van der Waals surface area contributed by atoms with E-state index in [1.165, 1.54) is 44.9 Å². The summed E-state index contributed by atoms with van der Waals surface area (Å²) in [4.78, 5) is 0. The van der Waals surface area contributed by atoms with Crippen LogP contribution in [0.1, 0.15) is 104 Å². The molecule has 0 nitrogen and oxygen atoms in total. The molecule has 2 rings (SSSR count). The average molecular weight is 293 g/mol. The highest BCUT2D eigenvalue weighted by Gasteiger charge is 2.32. The normalized spacial score (nSPS) is 35.6. The van der Waals surface area contributed by atoms with E-state index >= 15 is 0 Å². The highest BCUT2D eigenvalue weighted by molar-refractivity contribution is 4.83. The highest BCUT2D eigenvalue weighted by atomic mass is 14.4. The van der Waals surface area contributed by atoms with Crippen LogP contribution < -0.4 is 0 Å². The Morgan fingerprint density at radius 2 is 1.29 bits per heavy atom. The van der Waals surface area contributed by atoms with E-state index in [9.17, 15) is 0 Å². The standard InChI is InChI=1S/C21H40/c1-4-6-8-18(7-5-2)20-13-15-21(16-14-20)19-11-9-17(3)10-12-19/h17-21H,4-16H2,1-3H3/t17?,18-,19?,20?,21?/m0/s1.